The first-order valence-electron chi connectivity index (χ1n) is 11.9. The zero-order valence-electron chi connectivity index (χ0n) is 20.8. The highest BCUT2D eigenvalue weighted by Gasteiger charge is 2.38. The fourth-order valence-corrected chi connectivity index (χ4v) is 5.24. The first-order valence-corrected chi connectivity index (χ1v) is 11.9. The summed E-state index contributed by atoms with van der Waals surface area (Å²) in [6.45, 7) is 15.8. The van der Waals surface area contributed by atoms with Crippen LogP contribution in [-0.4, -0.2) is 14.8 Å². The second kappa shape index (κ2) is 7.41. The summed E-state index contributed by atoms with van der Waals surface area (Å²) in [7, 11) is 0. The summed E-state index contributed by atoms with van der Waals surface area (Å²) in [5.74, 6) is 1.71. The number of fused-ring (bicyclic) bond motifs is 3. The van der Waals surface area contributed by atoms with Crippen molar-refractivity contribution in [2.45, 2.75) is 65.7 Å². The molecule has 5 rings (SSSR count). The Labute approximate surface area is 197 Å². The van der Waals surface area contributed by atoms with E-state index in [9.17, 15) is 0 Å². The number of para-hydroxylation sites is 1. The van der Waals surface area contributed by atoms with Crippen molar-refractivity contribution < 1.29 is 0 Å². The average Bonchev–Trinajstić information content (AvgIpc) is 3.29. The van der Waals surface area contributed by atoms with E-state index in [2.05, 4.69) is 102 Å². The molecule has 3 heteroatoms. The second-order valence-electron chi connectivity index (χ2n) is 10.5. The van der Waals surface area contributed by atoms with Crippen molar-refractivity contribution >= 4 is 0 Å². The van der Waals surface area contributed by atoms with Gasteiger partial charge in [0.25, 0.3) is 0 Å². The predicted molar refractivity (Wildman–Crippen MR) is 137 cm³/mol. The number of hydrogen-bond acceptors (Lipinski definition) is 2. The van der Waals surface area contributed by atoms with Gasteiger partial charge in [-0.15, -0.1) is 0 Å². The molecule has 4 aromatic rings. The Kier molecular flexibility index (Phi) is 4.86. The maximum absolute atomic E-state index is 4.98. The predicted octanol–water partition coefficient (Wildman–Crippen LogP) is 7.55. The molecule has 1 aliphatic rings. The van der Waals surface area contributed by atoms with Gasteiger partial charge < -0.3 is 0 Å². The Morgan fingerprint density at radius 2 is 1.55 bits per heavy atom. The molecule has 1 aliphatic carbocycles. The second-order valence-corrected chi connectivity index (χ2v) is 10.5. The van der Waals surface area contributed by atoms with E-state index < -0.39 is 0 Å². The van der Waals surface area contributed by atoms with E-state index in [-0.39, 0.29) is 10.8 Å². The molecule has 1 heterocycles. The molecule has 168 valence electrons. The minimum atomic E-state index is -0.0252. The van der Waals surface area contributed by atoms with Crippen LogP contribution in [0.2, 0.25) is 0 Å². The first kappa shape index (κ1) is 21.6. The molecule has 0 unspecified atom stereocenters. The third-order valence-electron chi connectivity index (χ3n) is 7.63. The maximum Gasteiger partial charge on any atom is 0.163 e. The first-order chi connectivity index (χ1) is 15.6. The molecular weight excluding hydrogens is 402 g/mol. The highest BCUT2D eigenvalue weighted by Crippen LogP contribution is 2.51. The molecule has 0 atom stereocenters. The van der Waals surface area contributed by atoms with E-state index in [1.165, 1.54) is 38.9 Å². The highest BCUT2D eigenvalue weighted by atomic mass is 15.3. The van der Waals surface area contributed by atoms with Crippen LogP contribution in [0.1, 0.15) is 69.1 Å². The van der Waals surface area contributed by atoms with Gasteiger partial charge in [-0.1, -0.05) is 83.1 Å². The maximum atomic E-state index is 4.98. The van der Waals surface area contributed by atoms with Crippen LogP contribution in [0.5, 0.6) is 0 Å². The van der Waals surface area contributed by atoms with Crippen molar-refractivity contribution in [1.29, 1.82) is 0 Å². The Bertz CT molecular complexity index is 1370. The van der Waals surface area contributed by atoms with Crippen molar-refractivity contribution in [3.05, 3.63) is 88.7 Å². The summed E-state index contributed by atoms with van der Waals surface area (Å²) in [6.07, 6.45) is 1.05. The Morgan fingerprint density at radius 1 is 0.848 bits per heavy atom. The number of hydrogen-bond donors (Lipinski definition) is 0. The number of rotatable bonds is 4. The summed E-state index contributed by atoms with van der Waals surface area (Å²) in [5, 5.41) is 4.84. The molecular formula is C30H33N3. The highest BCUT2D eigenvalue weighted by molar-refractivity contribution is 5.85. The average molecular weight is 436 g/mol. The van der Waals surface area contributed by atoms with Gasteiger partial charge >= 0.3 is 0 Å². The van der Waals surface area contributed by atoms with Crippen molar-refractivity contribution in [3.63, 3.8) is 0 Å². The Hall–Kier alpha value is -3.20. The van der Waals surface area contributed by atoms with Gasteiger partial charge in [0.1, 0.15) is 5.82 Å². The minimum absolute atomic E-state index is 0.00559. The van der Waals surface area contributed by atoms with Crippen LogP contribution in [0.3, 0.4) is 0 Å². The SMILES string of the molecule is CCC(C)(C)c1cc2c(cc1-c1nc(C)nn1-c1ccccc1C)-c1ccccc1C2(C)C. The molecule has 3 nitrogen and oxygen atoms in total. The monoisotopic (exact) mass is 435 g/mol. The fraction of sp³-hybridized carbons (Fsp3) is 0.333. The Balaban J connectivity index is 1.85. The van der Waals surface area contributed by atoms with Crippen LogP contribution in [0.4, 0.5) is 0 Å². The fourth-order valence-electron chi connectivity index (χ4n) is 5.24. The van der Waals surface area contributed by atoms with Crippen LogP contribution in [-0.2, 0) is 10.8 Å². The van der Waals surface area contributed by atoms with Crippen molar-refractivity contribution in [3.8, 4) is 28.2 Å². The smallest absolute Gasteiger partial charge is 0.163 e. The standard InChI is InChI=1S/C30H33N3/c1-8-29(4,5)25-18-26-22(21-14-10-11-15-24(21)30(26,6)7)17-23(25)28-31-20(3)32-33(28)27-16-12-9-13-19(27)2/h9-18H,8H2,1-7H3. The summed E-state index contributed by atoms with van der Waals surface area (Å²) in [5.41, 5.74) is 10.2. The molecule has 33 heavy (non-hydrogen) atoms. The number of benzene rings is 3. The summed E-state index contributed by atoms with van der Waals surface area (Å²) < 4.78 is 2.04. The van der Waals surface area contributed by atoms with Gasteiger partial charge in [-0.05, 0) is 71.2 Å². The summed E-state index contributed by atoms with van der Waals surface area (Å²) in [4.78, 5) is 4.98. The van der Waals surface area contributed by atoms with E-state index in [1.54, 1.807) is 0 Å². The minimum Gasteiger partial charge on any atom is -0.213 e. The van der Waals surface area contributed by atoms with Crippen molar-refractivity contribution in [2.24, 2.45) is 0 Å². The zero-order valence-corrected chi connectivity index (χ0v) is 20.8. The zero-order chi connectivity index (χ0) is 23.5. The van der Waals surface area contributed by atoms with Gasteiger partial charge in [-0.2, -0.15) is 5.10 Å². The molecule has 0 aliphatic heterocycles. The van der Waals surface area contributed by atoms with Crippen LogP contribution in [0.15, 0.2) is 60.7 Å². The lowest BCUT2D eigenvalue weighted by Gasteiger charge is -2.29. The van der Waals surface area contributed by atoms with Gasteiger partial charge in [-0.3, -0.25) is 0 Å². The lowest BCUT2D eigenvalue weighted by Crippen LogP contribution is -2.21. The number of nitrogens with zero attached hydrogens (tertiary/aromatic N) is 3. The van der Waals surface area contributed by atoms with E-state index in [4.69, 9.17) is 10.1 Å². The third kappa shape index (κ3) is 3.25. The summed E-state index contributed by atoms with van der Waals surface area (Å²) >= 11 is 0. The molecule has 0 spiro atoms. The molecule has 0 fully saturated rings. The van der Waals surface area contributed by atoms with Gasteiger partial charge in [0.15, 0.2) is 5.82 Å². The topological polar surface area (TPSA) is 30.7 Å². The lowest BCUT2D eigenvalue weighted by molar-refractivity contribution is 0.505. The van der Waals surface area contributed by atoms with Crippen molar-refractivity contribution in [1.82, 2.24) is 14.8 Å². The van der Waals surface area contributed by atoms with Gasteiger partial charge in [0, 0.05) is 11.0 Å². The van der Waals surface area contributed by atoms with Gasteiger partial charge in [-0.25, -0.2) is 9.67 Å². The van der Waals surface area contributed by atoms with E-state index >= 15 is 0 Å². The quantitative estimate of drug-likeness (QED) is 0.331. The largest absolute Gasteiger partial charge is 0.213 e. The molecule has 1 aromatic heterocycles. The van der Waals surface area contributed by atoms with Crippen molar-refractivity contribution in [2.75, 3.05) is 0 Å². The van der Waals surface area contributed by atoms with Gasteiger partial charge in [0.05, 0.1) is 5.69 Å². The molecule has 0 saturated heterocycles. The molecule has 3 aromatic carbocycles. The molecule has 0 saturated carbocycles. The summed E-state index contributed by atoms with van der Waals surface area (Å²) in [6, 6.07) is 22.1. The van der Waals surface area contributed by atoms with E-state index in [0.29, 0.717) is 0 Å². The molecule has 0 amide bonds. The van der Waals surface area contributed by atoms with Crippen LogP contribution in [0, 0.1) is 13.8 Å². The van der Waals surface area contributed by atoms with Crippen LogP contribution >= 0.6 is 0 Å². The Morgan fingerprint density at radius 3 is 2.27 bits per heavy atom. The molecule has 0 radical (unpaired) electrons. The molecule has 0 bridgehead atoms. The number of aromatic nitrogens is 3. The van der Waals surface area contributed by atoms with Crippen LogP contribution < -0.4 is 0 Å². The normalized spacial score (nSPS) is 14.3. The van der Waals surface area contributed by atoms with E-state index in [1.807, 2.05) is 11.6 Å². The third-order valence-corrected chi connectivity index (χ3v) is 7.63. The number of aryl methyl sites for hydroxylation is 2. The van der Waals surface area contributed by atoms with Gasteiger partial charge in [0.2, 0.25) is 0 Å². The lowest BCUT2D eigenvalue weighted by atomic mass is 9.75. The molecule has 0 N–H and O–H groups in total. The van der Waals surface area contributed by atoms with Crippen LogP contribution in [0.25, 0.3) is 28.2 Å². The van der Waals surface area contributed by atoms with E-state index in [0.717, 1.165) is 23.8 Å².